The maximum atomic E-state index is 12.3. The van der Waals surface area contributed by atoms with Gasteiger partial charge in [-0.1, -0.05) is 6.07 Å². The minimum absolute atomic E-state index is 0.0930. The van der Waals surface area contributed by atoms with E-state index in [1.807, 2.05) is 11.4 Å². The van der Waals surface area contributed by atoms with Crippen LogP contribution in [0.1, 0.15) is 30.6 Å². The molecule has 1 N–H and O–H groups in total. The molecule has 3 rings (SSSR count). The van der Waals surface area contributed by atoms with Crippen LogP contribution in [0.4, 0.5) is 4.79 Å². The van der Waals surface area contributed by atoms with E-state index in [4.69, 9.17) is 4.74 Å². The highest BCUT2D eigenvalue weighted by atomic mass is 32.1. The van der Waals surface area contributed by atoms with Gasteiger partial charge in [-0.2, -0.15) is 0 Å². The van der Waals surface area contributed by atoms with Gasteiger partial charge in [0.2, 0.25) is 0 Å². The summed E-state index contributed by atoms with van der Waals surface area (Å²) in [6.45, 7) is 0.639. The Morgan fingerprint density at radius 1 is 1.47 bits per heavy atom. The lowest BCUT2D eigenvalue weighted by molar-refractivity contribution is 0.0209. The minimum atomic E-state index is 0.0930. The first-order valence-corrected chi connectivity index (χ1v) is 7.77. The largest absolute Gasteiger partial charge is 0.381 e. The molecule has 2 aliphatic rings. The van der Waals surface area contributed by atoms with Crippen molar-refractivity contribution in [2.24, 2.45) is 0 Å². The second kappa shape index (κ2) is 5.51. The number of hydrogen-bond acceptors (Lipinski definition) is 3. The molecule has 0 aromatic carbocycles. The van der Waals surface area contributed by atoms with Gasteiger partial charge in [0.15, 0.2) is 0 Å². The summed E-state index contributed by atoms with van der Waals surface area (Å²) in [7, 11) is 1.77. The van der Waals surface area contributed by atoms with Crippen LogP contribution in [0.2, 0.25) is 0 Å². The Morgan fingerprint density at radius 2 is 2.21 bits per heavy atom. The summed E-state index contributed by atoms with van der Waals surface area (Å²) in [5.41, 5.74) is 0. The lowest BCUT2D eigenvalue weighted by Crippen LogP contribution is -2.52. The number of urea groups is 1. The normalized spacial score (nSPS) is 29.5. The first-order chi connectivity index (χ1) is 9.28. The molecule has 5 heteroatoms. The second-order valence-electron chi connectivity index (χ2n) is 5.36. The van der Waals surface area contributed by atoms with E-state index < -0.39 is 0 Å². The van der Waals surface area contributed by atoms with Gasteiger partial charge >= 0.3 is 6.03 Å². The number of carbonyl (C=O) groups excluding carboxylic acids is 1. The van der Waals surface area contributed by atoms with Crippen molar-refractivity contribution in [1.29, 1.82) is 0 Å². The van der Waals surface area contributed by atoms with E-state index in [9.17, 15) is 4.79 Å². The predicted molar refractivity (Wildman–Crippen MR) is 75.2 cm³/mol. The van der Waals surface area contributed by atoms with E-state index in [2.05, 4.69) is 16.3 Å². The Kier molecular flexibility index (Phi) is 3.75. The van der Waals surface area contributed by atoms with Crippen molar-refractivity contribution in [3.05, 3.63) is 22.4 Å². The molecular formula is C14H20N2O2S. The van der Waals surface area contributed by atoms with Gasteiger partial charge in [-0.25, -0.2) is 4.79 Å². The minimum Gasteiger partial charge on any atom is -0.381 e. The van der Waals surface area contributed by atoms with Crippen LogP contribution in [-0.4, -0.2) is 36.2 Å². The Morgan fingerprint density at radius 3 is 2.79 bits per heavy atom. The molecule has 1 aromatic rings. The Bertz CT molecular complexity index is 421. The molecule has 2 unspecified atom stereocenters. The average Bonchev–Trinajstić information content (AvgIpc) is 3.02. The smallest absolute Gasteiger partial charge is 0.318 e. The molecule has 2 bridgehead atoms. The molecule has 2 saturated heterocycles. The van der Waals surface area contributed by atoms with E-state index in [1.165, 1.54) is 4.88 Å². The first kappa shape index (κ1) is 12.9. The van der Waals surface area contributed by atoms with Crippen molar-refractivity contribution in [2.45, 2.75) is 50.4 Å². The van der Waals surface area contributed by atoms with Gasteiger partial charge in [0.05, 0.1) is 12.6 Å². The molecule has 0 spiro atoms. The maximum absolute atomic E-state index is 12.3. The Balaban J connectivity index is 1.58. The maximum Gasteiger partial charge on any atom is 0.318 e. The van der Waals surface area contributed by atoms with Crippen LogP contribution in [0, 0.1) is 0 Å². The number of fused-ring (bicyclic) bond motifs is 2. The van der Waals surface area contributed by atoms with Gasteiger partial charge in [0.25, 0.3) is 0 Å². The van der Waals surface area contributed by atoms with Crippen molar-refractivity contribution in [3.63, 3.8) is 0 Å². The van der Waals surface area contributed by atoms with E-state index in [-0.39, 0.29) is 6.03 Å². The lowest BCUT2D eigenvalue weighted by atomic mass is 10.0. The summed E-state index contributed by atoms with van der Waals surface area (Å²) >= 11 is 1.68. The van der Waals surface area contributed by atoms with Gasteiger partial charge in [0, 0.05) is 24.1 Å². The number of thiophene rings is 1. The van der Waals surface area contributed by atoms with Crippen LogP contribution < -0.4 is 5.32 Å². The van der Waals surface area contributed by atoms with Gasteiger partial charge in [-0.15, -0.1) is 11.3 Å². The molecule has 104 valence electrons. The quantitative estimate of drug-likeness (QED) is 0.924. The summed E-state index contributed by atoms with van der Waals surface area (Å²) < 4.78 is 5.46. The van der Waals surface area contributed by atoms with E-state index in [0.29, 0.717) is 24.7 Å². The fraction of sp³-hybridized carbons (Fsp3) is 0.643. The zero-order valence-corrected chi connectivity index (χ0v) is 12.0. The number of methoxy groups -OCH3 is 1. The molecule has 2 atom stereocenters. The van der Waals surface area contributed by atoms with Gasteiger partial charge in [-0.3, -0.25) is 0 Å². The number of nitrogens with one attached hydrogen (secondary N) is 1. The number of hydrogen-bond donors (Lipinski definition) is 1. The number of rotatable bonds is 3. The Hall–Kier alpha value is -1.07. The highest BCUT2D eigenvalue weighted by molar-refractivity contribution is 7.09. The third-order valence-electron chi connectivity index (χ3n) is 4.25. The molecule has 3 heterocycles. The van der Waals surface area contributed by atoms with E-state index >= 15 is 0 Å². The van der Waals surface area contributed by atoms with Crippen molar-refractivity contribution in [2.75, 3.05) is 7.11 Å². The van der Waals surface area contributed by atoms with Gasteiger partial charge < -0.3 is 15.0 Å². The lowest BCUT2D eigenvalue weighted by Gasteiger charge is -2.38. The molecule has 0 radical (unpaired) electrons. The van der Waals surface area contributed by atoms with Crippen molar-refractivity contribution < 1.29 is 9.53 Å². The first-order valence-electron chi connectivity index (χ1n) is 6.89. The number of nitrogens with zero attached hydrogens (tertiary/aromatic N) is 1. The summed E-state index contributed by atoms with van der Waals surface area (Å²) in [5, 5.41) is 5.08. The molecule has 0 aliphatic carbocycles. The fourth-order valence-corrected chi connectivity index (χ4v) is 3.96. The predicted octanol–water partition coefficient (Wildman–Crippen LogP) is 2.60. The number of amides is 2. The summed E-state index contributed by atoms with van der Waals surface area (Å²) in [4.78, 5) is 15.6. The average molecular weight is 280 g/mol. The third-order valence-corrected chi connectivity index (χ3v) is 5.13. The molecule has 4 nitrogen and oxygen atoms in total. The van der Waals surface area contributed by atoms with Gasteiger partial charge in [0.1, 0.15) is 0 Å². The highest BCUT2D eigenvalue weighted by Crippen LogP contribution is 2.36. The van der Waals surface area contributed by atoms with Gasteiger partial charge in [-0.05, 0) is 37.1 Å². The summed E-state index contributed by atoms with van der Waals surface area (Å²) in [5.74, 6) is 0. The topological polar surface area (TPSA) is 41.6 Å². The van der Waals surface area contributed by atoms with Crippen LogP contribution in [0.3, 0.4) is 0 Å². The monoisotopic (exact) mass is 280 g/mol. The van der Waals surface area contributed by atoms with Crippen LogP contribution in [-0.2, 0) is 11.3 Å². The van der Waals surface area contributed by atoms with Crippen molar-refractivity contribution in [3.8, 4) is 0 Å². The fourth-order valence-electron chi connectivity index (χ4n) is 3.32. The number of ether oxygens (including phenoxy) is 1. The third kappa shape index (κ3) is 2.62. The molecule has 2 amide bonds. The molecule has 2 aliphatic heterocycles. The van der Waals surface area contributed by atoms with Crippen molar-refractivity contribution >= 4 is 17.4 Å². The summed E-state index contributed by atoms with van der Waals surface area (Å²) in [6, 6.07) is 4.89. The van der Waals surface area contributed by atoms with Crippen LogP contribution in [0.15, 0.2) is 17.5 Å². The van der Waals surface area contributed by atoms with E-state index in [1.54, 1.807) is 18.4 Å². The summed E-state index contributed by atoms with van der Waals surface area (Å²) in [6.07, 6.45) is 4.55. The highest BCUT2D eigenvalue weighted by Gasteiger charge is 2.43. The molecule has 0 saturated carbocycles. The standard InChI is InChI=1S/C14H20N2O2S/c1-18-12-7-10-4-5-11(8-12)16(10)14(17)15-9-13-3-2-6-19-13/h2-3,6,10-12H,4-5,7-9H2,1H3,(H,15,17). The van der Waals surface area contributed by atoms with Crippen LogP contribution in [0.5, 0.6) is 0 Å². The van der Waals surface area contributed by atoms with Crippen molar-refractivity contribution in [1.82, 2.24) is 10.2 Å². The van der Waals surface area contributed by atoms with Crippen LogP contribution in [0.25, 0.3) is 0 Å². The van der Waals surface area contributed by atoms with E-state index in [0.717, 1.165) is 25.7 Å². The number of piperidine rings is 1. The zero-order chi connectivity index (χ0) is 13.2. The molecule has 19 heavy (non-hydrogen) atoms. The molecular weight excluding hydrogens is 260 g/mol. The zero-order valence-electron chi connectivity index (χ0n) is 11.2. The molecule has 1 aromatic heterocycles. The number of carbonyl (C=O) groups is 1. The SMILES string of the molecule is COC1CC2CCC(C1)N2C(=O)NCc1cccs1. The molecule has 2 fully saturated rings. The second-order valence-corrected chi connectivity index (χ2v) is 6.39. The van der Waals surface area contributed by atoms with Crippen LogP contribution >= 0.6 is 11.3 Å². The Labute approximate surface area is 117 Å².